The first-order valence-electron chi connectivity index (χ1n) is 7.24. The van der Waals surface area contributed by atoms with Crippen molar-refractivity contribution in [1.82, 2.24) is 4.90 Å². The highest BCUT2D eigenvalue weighted by Gasteiger charge is 2.24. The summed E-state index contributed by atoms with van der Waals surface area (Å²) in [4.78, 5) is 3.27. The van der Waals surface area contributed by atoms with Crippen molar-refractivity contribution in [2.24, 2.45) is 0 Å². The third kappa shape index (κ3) is 3.07. The highest BCUT2D eigenvalue weighted by Crippen LogP contribution is 2.38. The Morgan fingerprint density at radius 3 is 2.91 bits per heavy atom. The predicted octanol–water partition coefficient (Wildman–Crippen LogP) is 4.50. The molecule has 2 unspecified atom stereocenters. The van der Waals surface area contributed by atoms with Crippen LogP contribution < -0.4 is 0 Å². The maximum atomic E-state index is 13.7. The monoisotopic (exact) mass is 315 g/mol. The summed E-state index contributed by atoms with van der Waals surface area (Å²) in [5.41, 5.74) is 0.652. The second-order valence-electron chi connectivity index (χ2n) is 5.47. The number of thiophene rings is 1. The van der Waals surface area contributed by atoms with Gasteiger partial charge in [0, 0.05) is 29.4 Å². The summed E-state index contributed by atoms with van der Waals surface area (Å²) in [7, 11) is 2.03. The summed E-state index contributed by atoms with van der Waals surface area (Å²) in [5, 5.41) is 12.2. The quantitative estimate of drug-likeness (QED) is 0.898. The molecule has 0 saturated carbocycles. The van der Waals surface area contributed by atoms with Gasteiger partial charge in [-0.15, -0.1) is 11.3 Å². The Hall–Kier alpha value is -2.07. The zero-order valence-corrected chi connectivity index (χ0v) is 13.1. The van der Waals surface area contributed by atoms with Gasteiger partial charge < -0.3 is 10.0 Å². The number of nitrogens with zero attached hydrogens (tertiary/aromatic N) is 1. The average Bonchev–Trinajstić information content (AvgIpc) is 3.03. The second-order valence-corrected chi connectivity index (χ2v) is 6.45. The third-order valence-corrected chi connectivity index (χ3v) is 5.00. The zero-order chi connectivity index (χ0) is 15.5. The molecule has 2 atom stereocenters. The van der Waals surface area contributed by atoms with E-state index in [0.29, 0.717) is 5.56 Å². The Kier molecular flexibility index (Phi) is 4.29. The molecule has 0 bridgehead atoms. The smallest absolute Gasteiger partial charge is 0.123 e. The molecule has 1 aromatic carbocycles. The minimum absolute atomic E-state index is 0.0284. The van der Waals surface area contributed by atoms with Gasteiger partial charge in [-0.3, -0.25) is 0 Å². The lowest BCUT2D eigenvalue weighted by atomic mass is 9.89. The molecule has 2 heterocycles. The van der Waals surface area contributed by atoms with Gasteiger partial charge in [-0.05, 0) is 48.3 Å². The van der Waals surface area contributed by atoms with Crippen LogP contribution in [0.3, 0.4) is 0 Å². The molecule has 3 rings (SSSR count). The molecule has 0 radical (unpaired) electrons. The number of phenolic OH excluding ortho intramolecular Hbond substituents is 1. The van der Waals surface area contributed by atoms with Crippen LogP contribution in [0.2, 0.25) is 0 Å². The fraction of sp³-hybridized carbons (Fsp3) is 0.222. The number of hydrogen-bond donors (Lipinski definition) is 1. The number of phenols is 1. The molecule has 114 valence electrons. The highest BCUT2D eigenvalue weighted by molar-refractivity contribution is 7.10. The number of rotatable bonds is 4. The van der Waals surface area contributed by atoms with Crippen LogP contribution in [0.25, 0.3) is 0 Å². The Bertz CT molecular complexity index is 693. The van der Waals surface area contributed by atoms with Crippen molar-refractivity contribution >= 4 is 11.3 Å². The molecule has 0 aliphatic carbocycles. The molecule has 1 aromatic heterocycles. The second kappa shape index (κ2) is 6.36. The lowest BCUT2D eigenvalue weighted by Crippen LogP contribution is -2.28. The van der Waals surface area contributed by atoms with Crippen molar-refractivity contribution in [2.45, 2.75) is 18.4 Å². The van der Waals surface area contributed by atoms with E-state index in [2.05, 4.69) is 11.0 Å². The summed E-state index contributed by atoms with van der Waals surface area (Å²) >= 11 is 1.64. The van der Waals surface area contributed by atoms with E-state index in [4.69, 9.17) is 0 Å². The number of halogens is 1. The van der Waals surface area contributed by atoms with E-state index >= 15 is 0 Å². The van der Waals surface area contributed by atoms with Gasteiger partial charge in [0.05, 0.1) is 0 Å². The van der Waals surface area contributed by atoms with Crippen molar-refractivity contribution in [2.75, 3.05) is 7.05 Å². The molecule has 0 spiro atoms. The number of hydrogen-bond acceptors (Lipinski definition) is 3. The summed E-state index contributed by atoms with van der Waals surface area (Å²) in [6, 6.07) is 8.43. The van der Waals surface area contributed by atoms with Gasteiger partial charge in [0.25, 0.3) is 0 Å². The Morgan fingerprint density at radius 2 is 2.18 bits per heavy atom. The Labute approximate surface area is 133 Å². The number of likely N-dealkylation sites (N-methyl/N-ethyl adjacent to an activating group) is 1. The SMILES string of the molecule is CN1C=CC=CC1CC(c1cccs1)c1cc(F)ccc1O. The topological polar surface area (TPSA) is 23.5 Å². The Balaban J connectivity index is 1.96. The van der Waals surface area contributed by atoms with Gasteiger partial charge in [0.15, 0.2) is 0 Å². The van der Waals surface area contributed by atoms with E-state index < -0.39 is 0 Å². The van der Waals surface area contributed by atoms with Crippen LogP contribution in [-0.2, 0) is 0 Å². The molecule has 1 aliphatic heterocycles. The van der Waals surface area contributed by atoms with Crippen molar-refractivity contribution in [3.8, 4) is 5.75 Å². The molecule has 2 aromatic rings. The first kappa shape index (κ1) is 14.9. The maximum absolute atomic E-state index is 13.7. The molecule has 0 fully saturated rings. The minimum atomic E-state index is -0.318. The molecule has 0 amide bonds. The molecule has 0 saturated heterocycles. The van der Waals surface area contributed by atoms with Crippen LogP contribution in [0.15, 0.2) is 60.1 Å². The van der Waals surface area contributed by atoms with E-state index in [0.717, 1.165) is 11.3 Å². The van der Waals surface area contributed by atoms with E-state index in [1.165, 1.54) is 18.2 Å². The molecule has 4 heteroatoms. The van der Waals surface area contributed by atoms with E-state index in [-0.39, 0.29) is 23.5 Å². The largest absolute Gasteiger partial charge is 0.508 e. The van der Waals surface area contributed by atoms with Gasteiger partial charge in [-0.1, -0.05) is 18.2 Å². The van der Waals surface area contributed by atoms with Crippen molar-refractivity contribution in [3.05, 3.63) is 76.4 Å². The number of allylic oxidation sites excluding steroid dienone is 2. The summed E-state index contributed by atoms with van der Waals surface area (Å²) in [6.07, 6.45) is 8.98. The molecule has 2 nitrogen and oxygen atoms in total. The molecular weight excluding hydrogens is 297 g/mol. The minimum Gasteiger partial charge on any atom is -0.508 e. The van der Waals surface area contributed by atoms with Crippen LogP contribution in [0, 0.1) is 5.82 Å². The van der Waals surface area contributed by atoms with E-state index in [1.807, 2.05) is 42.9 Å². The normalized spacial score (nSPS) is 18.6. The third-order valence-electron chi connectivity index (χ3n) is 4.02. The van der Waals surface area contributed by atoms with Crippen LogP contribution in [-0.4, -0.2) is 23.1 Å². The lowest BCUT2D eigenvalue weighted by Gasteiger charge is -2.30. The summed E-state index contributed by atoms with van der Waals surface area (Å²) in [5.74, 6) is -0.195. The molecular formula is C18H18FNOS. The van der Waals surface area contributed by atoms with Crippen molar-refractivity contribution < 1.29 is 9.50 Å². The Morgan fingerprint density at radius 1 is 1.32 bits per heavy atom. The number of benzene rings is 1. The zero-order valence-electron chi connectivity index (χ0n) is 12.3. The standard InChI is InChI=1S/C18H18FNOS/c1-20-9-3-2-5-14(20)12-16(18-6-4-10-22-18)15-11-13(19)7-8-17(15)21/h2-11,14,16,21H,12H2,1H3. The fourth-order valence-electron chi connectivity index (χ4n) is 2.80. The van der Waals surface area contributed by atoms with Crippen LogP contribution in [0.4, 0.5) is 4.39 Å². The summed E-state index contributed by atoms with van der Waals surface area (Å²) < 4.78 is 13.7. The highest BCUT2D eigenvalue weighted by atomic mass is 32.1. The predicted molar refractivity (Wildman–Crippen MR) is 88.7 cm³/mol. The van der Waals surface area contributed by atoms with Crippen LogP contribution >= 0.6 is 11.3 Å². The maximum Gasteiger partial charge on any atom is 0.123 e. The molecule has 1 aliphatic rings. The fourth-order valence-corrected chi connectivity index (χ4v) is 3.66. The van der Waals surface area contributed by atoms with E-state index in [1.54, 1.807) is 11.3 Å². The van der Waals surface area contributed by atoms with Crippen molar-refractivity contribution in [3.63, 3.8) is 0 Å². The van der Waals surface area contributed by atoms with Crippen LogP contribution in [0.1, 0.15) is 22.8 Å². The van der Waals surface area contributed by atoms with Gasteiger partial charge in [0.2, 0.25) is 0 Å². The first-order chi connectivity index (χ1) is 10.6. The van der Waals surface area contributed by atoms with Gasteiger partial charge in [0.1, 0.15) is 11.6 Å². The first-order valence-corrected chi connectivity index (χ1v) is 8.12. The van der Waals surface area contributed by atoms with E-state index in [9.17, 15) is 9.50 Å². The molecule has 1 N–H and O–H groups in total. The van der Waals surface area contributed by atoms with Gasteiger partial charge >= 0.3 is 0 Å². The average molecular weight is 315 g/mol. The van der Waals surface area contributed by atoms with Gasteiger partial charge in [-0.25, -0.2) is 4.39 Å². The van der Waals surface area contributed by atoms with Crippen molar-refractivity contribution in [1.29, 1.82) is 0 Å². The lowest BCUT2D eigenvalue weighted by molar-refractivity contribution is 0.349. The molecule has 22 heavy (non-hydrogen) atoms. The van der Waals surface area contributed by atoms with Gasteiger partial charge in [-0.2, -0.15) is 0 Å². The van der Waals surface area contributed by atoms with Crippen LogP contribution in [0.5, 0.6) is 5.75 Å². The summed E-state index contributed by atoms with van der Waals surface area (Å²) in [6.45, 7) is 0. The number of aromatic hydroxyl groups is 1.